The Morgan fingerprint density at radius 3 is 2.58 bits per heavy atom. The Bertz CT molecular complexity index is 561. The Morgan fingerprint density at radius 2 is 2.08 bits per heavy atom. The lowest BCUT2D eigenvalue weighted by Crippen LogP contribution is -2.42. The number of nitrogens with one attached hydrogen (secondary N) is 1. The molecule has 2 radical (unpaired) electrons. The van der Waals surface area contributed by atoms with Crippen molar-refractivity contribution in [2.45, 2.75) is 39.3 Å². The van der Waals surface area contributed by atoms with Gasteiger partial charge in [-0.2, -0.15) is 0 Å². The molecule has 1 N–H and O–H groups in total. The molecule has 0 saturated heterocycles. The van der Waals surface area contributed by atoms with Crippen LogP contribution in [0.2, 0.25) is 0 Å². The highest BCUT2D eigenvalue weighted by atomic mass is 35.5. The molecule has 24 heavy (non-hydrogen) atoms. The summed E-state index contributed by atoms with van der Waals surface area (Å²) in [6.07, 6.45) is 1.01. The first-order chi connectivity index (χ1) is 11.1. The van der Waals surface area contributed by atoms with Crippen LogP contribution >= 0.6 is 11.6 Å². The first-order valence-corrected chi connectivity index (χ1v) is 8.21. The van der Waals surface area contributed by atoms with E-state index in [-0.39, 0.29) is 30.9 Å². The highest BCUT2D eigenvalue weighted by Gasteiger charge is 2.22. The van der Waals surface area contributed by atoms with Gasteiger partial charge in [0.05, 0.1) is 11.7 Å². The van der Waals surface area contributed by atoms with Gasteiger partial charge >= 0.3 is 6.09 Å². The summed E-state index contributed by atoms with van der Waals surface area (Å²) < 4.78 is 5.16. The highest BCUT2D eigenvalue weighted by Crippen LogP contribution is 2.17. The number of hydrogen-bond donors (Lipinski definition) is 1. The van der Waals surface area contributed by atoms with Gasteiger partial charge in [-0.15, -0.1) is 11.6 Å². The van der Waals surface area contributed by atoms with Gasteiger partial charge in [0, 0.05) is 19.3 Å². The molecule has 1 rings (SSSR count). The number of carbonyl (C=O) groups is 2. The van der Waals surface area contributed by atoms with Gasteiger partial charge in [0.15, 0.2) is 0 Å². The Hall–Kier alpha value is -1.76. The van der Waals surface area contributed by atoms with Crippen LogP contribution in [-0.4, -0.2) is 54.3 Å². The number of aromatic nitrogens is 1. The summed E-state index contributed by atoms with van der Waals surface area (Å²) >= 11 is 5.69. The zero-order valence-electron chi connectivity index (χ0n) is 14.5. The minimum atomic E-state index is -0.573. The topological polar surface area (TPSA) is 71.5 Å². The molecular formula is C16H23BClN3O3. The fraction of sp³-hybridized carbons (Fsp3) is 0.562. The van der Waals surface area contributed by atoms with Gasteiger partial charge in [-0.05, 0) is 33.8 Å². The van der Waals surface area contributed by atoms with Crippen LogP contribution in [0.5, 0.6) is 0 Å². The maximum absolute atomic E-state index is 12.1. The van der Waals surface area contributed by atoms with Crippen LogP contribution in [0.3, 0.4) is 0 Å². The third-order valence-electron chi connectivity index (χ3n) is 3.16. The molecule has 0 aliphatic rings. The number of ether oxygens (including phenoxy) is 1. The standard InChI is InChI=1S/C16H23BClN3O3/c1-11(13-6-5-12(17)10-20-13)21(14(22)9-18)8-7-19-15(23)24-16(2,3)4/h5-6,10-11H,7-9H2,1-4H3,(H,19,23). The van der Waals surface area contributed by atoms with E-state index < -0.39 is 11.7 Å². The lowest BCUT2D eigenvalue weighted by atomic mass is 9.98. The minimum absolute atomic E-state index is 0.147. The molecule has 1 atom stereocenters. The van der Waals surface area contributed by atoms with E-state index in [4.69, 9.17) is 24.2 Å². The van der Waals surface area contributed by atoms with Crippen LogP contribution in [0.1, 0.15) is 39.4 Å². The molecule has 0 aromatic carbocycles. The first kappa shape index (κ1) is 20.3. The van der Waals surface area contributed by atoms with E-state index in [1.54, 1.807) is 37.8 Å². The summed E-state index contributed by atoms with van der Waals surface area (Å²) in [6.45, 7) is 7.73. The average Bonchev–Trinajstić information content (AvgIpc) is 2.49. The highest BCUT2D eigenvalue weighted by molar-refractivity contribution is 6.32. The predicted octanol–water partition coefficient (Wildman–Crippen LogP) is 1.53. The molecule has 0 spiro atoms. The molecule has 0 aliphatic heterocycles. The van der Waals surface area contributed by atoms with E-state index in [2.05, 4.69) is 10.3 Å². The van der Waals surface area contributed by atoms with Crippen molar-refractivity contribution in [3.8, 4) is 0 Å². The maximum atomic E-state index is 12.1. The fourth-order valence-electron chi connectivity index (χ4n) is 2.03. The number of amides is 2. The molecule has 1 unspecified atom stereocenters. The third kappa shape index (κ3) is 6.78. The monoisotopic (exact) mass is 351 g/mol. The molecule has 130 valence electrons. The quantitative estimate of drug-likeness (QED) is 0.623. The van der Waals surface area contributed by atoms with Crippen molar-refractivity contribution in [1.82, 2.24) is 15.2 Å². The molecule has 1 aromatic heterocycles. The van der Waals surface area contributed by atoms with Crippen molar-refractivity contribution in [2.75, 3.05) is 19.0 Å². The van der Waals surface area contributed by atoms with Crippen LogP contribution < -0.4 is 10.8 Å². The van der Waals surface area contributed by atoms with Crippen molar-refractivity contribution < 1.29 is 14.3 Å². The number of rotatable bonds is 6. The number of pyridine rings is 1. The Labute approximate surface area is 149 Å². The Morgan fingerprint density at radius 1 is 1.42 bits per heavy atom. The molecule has 0 fully saturated rings. The van der Waals surface area contributed by atoms with Gasteiger partial charge in [0.25, 0.3) is 0 Å². The van der Waals surface area contributed by atoms with Gasteiger partial charge in [0.1, 0.15) is 19.3 Å². The average molecular weight is 352 g/mol. The lowest BCUT2D eigenvalue weighted by Gasteiger charge is -2.29. The summed E-state index contributed by atoms with van der Waals surface area (Å²) in [5, 5.41) is 2.63. The number of hydrogen-bond acceptors (Lipinski definition) is 4. The zero-order chi connectivity index (χ0) is 18.3. The Balaban J connectivity index is 2.67. The van der Waals surface area contributed by atoms with Crippen LogP contribution in [0, 0.1) is 0 Å². The molecular weight excluding hydrogens is 328 g/mol. The lowest BCUT2D eigenvalue weighted by molar-refractivity contribution is -0.130. The normalized spacial score (nSPS) is 12.4. The number of halogens is 1. The molecule has 8 heteroatoms. The van der Waals surface area contributed by atoms with E-state index in [1.807, 2.05) is 6.92 Å². The van der Waals surface area contributed by atoms with Crippen LogP contribution in [-0.2, 0) is 9.53 Å². The van der Waals surface area contributed by atoms with Crippen molar-refractivity contribution >= 4 is 36.9 Å². The van der Waals surface area contributed by atoms with E-state index in [9.17, 15) is 9.59 Å². The molecule has 1 aromatic rings. The summed E-state index contributed by atoms with van der Waals surface area (Å²) in [5.41, 5.74) is 0.671. The molecule has 0 saturated carbocycles. The number of carbonyl (C=O) groups excluding carboxylic acids is 2. The van der Waals surface area contributed by atoms with Crippen molar-refractivity contribution in [3.05, 3.63) is 24.0 Å². The minimum Gasteiger partial charge on any atom is -0.444 e. The van der Waals surface area contributed by atoms with Crippen molar-refractivity contribution in [1.29, 1.82) is 0 Å². The first-order valence-electron chi connectivity index (χ1n) is 7.67. The summed E-state index contributed by atoms with van der Waals surface area (Å²) in [5.74, 6) is -0.389. The number of alkyl carbamates (subject to hydrolysis) is 1. The van der Waals surface area contributed by atoms with Gasteiger partial charge in [-0.1, -0.05) is 11.5 Å². The van der Waals surface area contributed by atoms with Gasteiger partial charge in [-0.25, -0.2) is 4.79 Å². The van der Waals surface area contributed by atoms with E-state index in [0.29, 0.717) is 11.2 Å². The molecule has 1 heterocycles. The molecule has 6 nitrogen and oxygen atoms in total. The fourth-order valence-corrected chi connectivity index (χ4v) is 2.18. The molecule has 0 bridgehead atoms. The van der Waals surface area contributed by atoms with Gasteiger partial charge < -0.3 is 15.0 Å². The third-order valence-corrected chi connectivity index (χ3v) is 3.39. The SMILES string of the molecule is [B]c1ccc(C(C)N(CCNC(=O)OC(C)(C)C)C(=O)CCl)nc1. The number of nitrogens with zero attached hydrogens (tertiary/aromatic N) is 2. The van der Waals surface area contributed by atoms with Crippen LogP contribution in [0.4, 0.5) is 4.79 Å². The van der Waals surface area contributed by atoms with Crippen molar-refractivity contribution in [2.24, 2.45) is 0 Å². The zero-order valence-corrected chi connectivity index (χ0v) is 15.3. The van der Waals surface area contributed by atoms with Gasteiger partial charge in [0.2, 0.25) is 5.91 Å². The maximum Gasteiger partial charge on any atom is 0.407 e. The predicted molar refractivity (Wildman–Crippen MR) is 94.7 cm³/mol. The van der Waals surface area contributed by atoms with Crippen LogP contribution in [0.15, 0.2) is 18.3 Å². The largest absolute Gasteiger partial charge is 0.444 e. The van der Waals surface area contributed by atoms with E-state index >= 15 is 0 Å². The van der Waals surface area contributed by atoms with Crippen molar-refractivity contribution in [3.63, 3.8) is 0 Å². The molecule has 2 amide bonds. The summed E-state index contributed by atoms with van der Waals surface area (Å²) in [4.78, 5) is 29.6. The second kappa shape index (κ2) is 8.92. The summed E-state index contributed by atoms with van der Waals surface area (Å²) in [6, 6.07) is 3.19. The van der Waals surface area contributed by atoms with Crippen LogP contribution in [0.25, 0.3) is 0 Å². The summed E-state index contributed by atoms with van der Waals surface area (Å²) in [7, 11) is 5.63. The number of alkyl halides is 1. The second-order valence-corrected chi connectivity index (χ2v) is 6.61. The molecule has 0 aliphatic carbocycles. The van der Waals surface area contributed by atoms with E-state index in [1.165, 1.54) is 6.20 Å². The van der Waals surface area contributed by atoms with Gasteiger partial charge in [-0.3, -0.25) is 9.78 Å². The second-order valence-electron chi connectivity index (χ2n) is 6.34. The Kier molecular flexibility index (Phi) is 7.54. The smallest absolute Gasteiger partial charge is 0.407 e. The van der Waals surface area contributed by atoms with E-state index in [0.717, 1.165) is 0 Å².